The van der Waals surface area contributed by atoms with Crippen molar-refractivity contribution in [3.63, 3.8) is 0 Å². The zero-order valence-electron chi connectivity index (χ0n) is 17.4. The number of benzene rings is 2. The standard InChI is InChI=1S/C21H27ClN4O3S/c1-16(25-10-12-26(13-11-25)19-8-4-6-17(22)14-19)21(27)23-18-7-5-9-20(15-18)30(28,29)24(2)3/h4-9,14-16H,10-13H2,1-3H3,(H,23,27). The van der Waals surface area contributed by atoms with E-state index in [1.165, 1.54) is 26.2 Å². The van der Waals surface area contributed by atoms with E-state index in [2.05, 4.69) is 15.1 Å². The minimum Gasteiger partial charge on any atom is -0.369 e. The number of amides is 1. The first kappa shape index (κ1) is 22.6. The number of nitrogens with one attached hydrogen (secondary N) is 1. The molecule has 2 aromatic rings. The third-order valence-electron chi connectivity index (χ3n) is 5.29. The summed E-state index contributed by atoms with van der Waals surface area (Å²) < 4.78 is 25.8. The Kier molecular flexibility index (Phi) is 7.02. The molecule has 0 spiro atoms. The lowest BCUT2D eigenvalue weighted by Crippen LogP contribution is -2.52. The van der Waals surface area contributed by atoms with Crippen molar-refractivity contribution in [2.45, 2.75) is 17.9 Å². The Bertz CT molecular complexity index is 1000. The molecule has 1 fully saturated rings. The maximum absolute atomic E-state index is 12.8. The van der Waals surface area contributed by atoms with Crippen LogP contribution in [0.2, 0.25) is 5.02 Å². The first-order valence-electron chi connectivity index (χ1n) is 9.76. The van der Waals surface area contributed by atoms with E-state index >= 15 is 0 Å². The normalized spacial score (nSPS) is 16.5. The number of piperazine rings is 1. The Balaban J connectivity index is 1.61. The highest BCUT2D eigenvalue weighted by molar-refractivity contribution is 7.89. The maximum Gasteiger partial charge on any atom is 0.242 e. The van der Waals surface area contributed by atoms with Gasteiger partial charge in [0.2, 0.25) is 15.9 Å². The molecule has 1 aliphatic rings. The van der Waals surface area contributed by atoms with Gasteiger partial charge in [-0.05, 0) is 43.3 Å². The number of sulfonamides is 1. The molecule has 0 aromatic heterocycles. The third-order valence-corrected chi connectivity index (χ3v) is 7.34. The fourth-order valence-electron chi connectivity index (χ4n) is 3.40. The van der Waals surface area contributed by atoms with Crippen LogP contribution in [0.1, 0.15) is 6.92 Å². The van der Waals surface area contributed by atoms with Crippen LogP contribution in [0.25, 0.3) is 0 Å². The highest BCUT2D eigenvalue weighted by atomic mass is 35.5. The smallest absolute Gasteiger partial charge is 0.242 e. The number of hydrogen-bond donors (Lipinski definition) is 1. The van der Waals surface area contributed by atoms with E-state index in [9.17, 15) is 13.2 Å². The Morgan fingerprint density at radius 3 is 2.37 bits per heavy atom. The van der Waals surface area contributed by atoms with Gasteiger partial charge in [-0.25, -0.2) is 12.7 Å². The van der Waals surface area contributed by atoms with Crippen molar-refractivity contribution in [1.82, 2.24) is 9.21 Å². The minimum atomic E-state index is -3.55. The van der Waals surface area contributed by atoms with E-state index in [-0.39, 0.29) is 16.8 Å². The van der Waals surface area contributed by atoms with E-state index in [0.717, 1.165) is 36.2 Å². The van der Waals surface area contributed by atoms with Crippen molar-refractivity contribution in [1.29, 1.82) is 0 Å². The summed E-state index contributed by atoms with van der Waals surface area (Å²) in [5.41, 5.74) is 1.55. The van der Waals surface area contributed by atoms with Crippen LogP contribution >= 0.6 is 11.6 Å². The van der Waals surface area contributed by atoms with E-state index in [1.807, 2.05) is 31.2 Å². The molecule has 9 heteroatoms. The lowest BCUT2D eigenvalue weighted by atomic mass is 10.2. The second-order valence-electron chi connectivity index (χ2n) is 7.48. The van der Waals surface area contributed by atoms with Crippen molar-refractivity contribution in [2.75, 3.05) is 50.5 Å². The number of carbonyl (C=O) groups is 1. The quantitative estimate of drug-likeness (QED) is 0.732. The SMILES string of the molecule is CC(C(=O)Nc1cccc(S(=O)(=O)N(C)C)c1)N1CCN(c2cccc(Cl)c2)CC1. The summed E-state index contributed by atoms with van der Waals surface area (Å²) in [6, 6.07) is 13.8. The van der Waals surface area contributed by atoms with Crippen LogP contribution in [0.5, 0.6) is 0 Å². The molecule has 1 unspecified atom stereocenters. The Morgan fingerprint density at radius 1 is 1.07 bits per heavy atom. The Morgan fingerprint density at radius 2 is 1.73 bits per heavy atom. The summed E-state index contributed by atoms with van der Waals surface area (Å²) in [7, 11) is -0.599. The lowest BCUT2D eigenvalue weighted by molar-refractivity contribution is -0.120. The minimum absolute atomic E-state index is 0.146. The predicted molar refractivity (Wildman–Crippen MR) is 121 cm³/mol. The molecule has 0 aliphatic carbocycles. The van der Waals surface area contributed by atoms with Crippen LogP contribution in [0.4, 0.5) is 11.4 Å². The molecular weight excluding hydrogens is 424 g/mol. The van der Waals surface area contributed by atoms with Gasteiger partial charge < -0.3 is 10.2 Å². The Hall–Kier alpha value is -2.13. The molecule has 1 N–H and O–H groups in total. The number of hydrogen-bond acceptors (Lipinski definition) is 5. The molecule has 1 amide bonds. The second-order valence-corrected chi connectivity index (χ2v) is 10.1. The number of halogens is 1. The Labute approximate surface area is 183 Å². The van der Waals surface area contributed by atoms with E-state index < -0.39 is 10.0 Å². The zero-order valence-corrected chi connectivity index (χ0v) is 18.9. The van der Waals surface area contributed by atoms with E-state index in [4.69, 9.17) is 11.6 Å². The monoisotopic (exact) mass is 450 g/mol. The molecule has 0 bridgehead atoms. The molecule has 2 aromatic carbocycles. The largest absolute Gasteiger partial charge is 0.369 e. The van der Waals surface area contributed by atoms with Gasteiger partial charge in [-0.15, -0.1) is 0 Å². The summed E-state index contributed by atoms with van der Waals surface area (Å²) in [5, 5.41) is 3.56. The lowest BCUT2D eigenvalue weighted by Gasteiger charge is -2.38. The van der Waals surface area contributed by atoms with E-state index in [0.29, 0.717) is 10.7 Å². The highest BCUT2D eigenvalue weighted by Crippen LogP contribution is 2.22. The number of anilines is 2. The molecule has 3 rings (SSSR count). The molecule has 1 aliphatic heterocycles. The fourth-order valence-corrected chi connectivity index (χ4v) is 4.53. The van der Waals surface area contributed by atoms with E-state index in [1.54, 1.807) is 12.1 Å². The summed E-state index contributed by atoms with van der Waals surface area (Å²) in [6.07, 6.45) is 0. The average molecular weight is 451 g/mol. The van der Waals surface area contributed by atoms with Crippen LogP contribution in [0, 0.1) is 0 Å². The second kappa shape index (κ2) is 9.34. The van der Waals surface area contributed by atoms with Gasteiger partial charge in [-0.3, -0.25) is 9.69 Å². The summed E-state index contributed by atoms with van der Waals surface area (Å²) in [6.45, 7) is 4.96. The van der Waals surface area contributed by atoms with Gasteiger partial charge in [0.15, 0.2) is 0 Å². The first-order chi connectivity index (χ1) is 14.2. The number of rotatable bonds is 6. The van der Waals surface area contributed by atoms with Crippen molar-refractivity contribution in [3.05, 3.63) is 53.6 Å². The summed E-state index contributed by atoms with van der Waals surface area (Å²) in [5.74, 6) is -0.161. The molecule has 7 nitrogen and oxygen atoms in total. The predicted octanol–water partition coefficient (Wildman–Crippen LogP) is 2.74. The zero-order chi connectivity index (χ0) is 21.9. The van der Waals surface area contributed by atoms with Crippen molar-refractivity contribution < 1.29 is 13.2 Å². The first-order valence-corrected chi connectivity index (χ1v) is 11.6. The highest BCUT2D eigenvalue weighted by Gasteiger charge is 2.26. The third kappa shape index (κ3) is 5.13. The van der Waals surface area contributed by atoms with Gasteiger partial charge in [0.25, 0.3) is 0 Å². The van der Waals surface area contributed by atoms with Gasteiger partial charge >= 0.3 is 0 Å². The van der Waals surface area contributed by atoms with Crippen LogP contribution < -0.4 is 10.2 Å². The van der Waals surface area contributed by atoms with Crippen molar-refractivity contribution in [2.24, 2.45) is 0 Å². The van der Waals surface area contributed by atoms with Crippen molar-refractivity contribution in [3.8, 4) is 0 Å². The molecule has 1 atom stereocenters. The molecule has 30 heavy (non-hydrogen) atoms. The van der Waals surface area contributed by atoms with Crippen LogP contribution in [0.15, 0.2) is 53.4 Å². The number of carbonyl (C=O) groups excluding carboxylic acids is 1. The van der Waals surface area contributed by atoms with Gasteiger partial charge in [0.1, 0.15) is 0 Å². The van der Waals surface area contributed by atoms with Gasteiger partial charge in [0, 0.05) is 56.7 Å². The molecule has 0 radical (unpaired) electrons. The molecular formula is C21H27ClN4O3S. The molecule has 1 saturated heterocycles. The maximum atomic E-state index is 12.8. The topological polar surface area (TPSA) is 73.0 Å². The summed E-state index contributed by atoms with van der Waals surface area (Å²) >= 11 is 6.09. The number of nitrogens with zero attached hydrogens (tertiary/aromatic N) is 3. The fraction of sp³-hybridized carbons (Fsp3) is 0.381. The van der Waals surface area contributed by atoms with Gasteiger partial charge in [0.05, 0.1) is 10.9 Å². The molecule has 1 heterocycles. The van der Waals surface area contributed by atoms with Crippen LogP contribution in [0.3, 0.4) is 0 Å². The molecule has 162 valence electrons. The van der Waals surface area contributed by atoms with Crippen LogP contribution in [-0.4, -0.2) is 69.8 Å². The molecule has 0 saturated carbocycles. The van der Waals surface area contributed by atoms with Gasteiger partial charge in [-0.1, -0.05) is 23.7 Å². The summed E-state index contributed by atoms with van der Waals surface area (Å²) in [4.78, 5) is 17.3. The van der Waals surface area contributed by atoms with Crippen molar-refractivity contribution >= 4 is 38.9 Å². The average Bonchev–Trinajstić information content (AvgIpc) is 2.73. The van der Waals surface area contributed by atoms with Gasteiger partial charge in [-0.2, -0.15) is 0 Å². The van der Waals surface area contributed by atoms with Crippen LogP contribution in [-0.2, 0) is 14.8 Å².